The lowest BCUT2D eigenvalue weighted by Crippen LogP contribution is -1.92. The van der Waals surface area contributed by atoms with Crippen molar-refractivity contribution in [2.24, 2.45) is 0 Å². The molecule has 0 saturated heterocycles. The molecule has 3 nitrogen and oxygen atoms in total. The van der Waals surface area contributed by atoms with Crippen LogP contribution in [-0.4, -0.2) is 4.98 Å². The van der Waals surface area contributed by atoms with E-state index in [0.29, 0.717) is 5.13 Å². The molecule has 3 N–H and O–H groups in total. The van der Waals surface area contributed by atoms with Gasteiger partial charge in [-0.25, -0.2) is 4.98 Å². The highest BCUT2D eigenvalue weighted by Gasteiger charge is 1.99. The maximum atomic E-state index is 5.58. The number of nitrogens with one attached hydrogen (secondary N) is 1. The minimum Gasteiger partial charge on any atom is -0.375 e. The summed E-state index contributed by atoms with van der Waals surface area (Å²) in [7, 11) is 0. The Hall–Kier alpha value is -1.55. The number of nitrogens with two attached hydrogens (primary N) is 1. The van der Waals surface area contributed by atoms with E-state index in [1.165, 1.54) is 29.7 Å². The van der Waals surface area contributed by atoms with Crippen molar-refractivity contribution in [2.45, 2.75) is 26.2 Å². The zero-order chi connectivity index (χ0) is 12.1. The van der Waals surface area contributed by atoms with Crippen molar-refractivity contribution in [3.05, 3.63) is 35.2 Å². The SMILES string of the molecule is CCCCc1ccc(Nc2csc(N)n2)cc1. The van der Waals surface area contributed by atoms with Gasteiger partial charge in [0.05, 0.1) is 0 Å². The third kappa shape index (κ3) is 3.46. The van der Waals surface area contributed by atoms with Crippen molar-refractivity contribution in [2.75, 3.05) is 11.1 Å². The Morgan fingerprint density at radius 3 is 2.65 bits per heavy atom. The van der Waals surface area contributed by atoms with Crippen molar-refractivity contribution in [1.82, 2.24) is 4.98 Å². The number of hydrogen-bond acceptors (Lipinski definition) is 4. The van der Waals surface area contributed by atoms with Crippen LogP contribution in [0.1, 0.15) is 25.3 Å². The van der Waals surface area contributed by atoms with Crippen LogP contribution in [0.25, 0.3) is 0 Å². The fraction of sp³-hybridized carbons (Fsp3) is 0.308. The van der Waals surface area contributed by atoms with Crippen LogP contribution >= 0.6 is 11.3 Å². The molecule has 0 spiro atoms. The molecule has 0 aliphatic carbocycles. The maximum absolute atomic E-state index is 5.58. The zero-order valence-corrected chi connectivity index (χ0v) is 10.8. The van der Waals surface area contributed by atoms with E-state index < -0.39 is 0 Å². The minimum absolute atomic E-state index is 0.590. The second-order valence-electron chi connectivity index (χ2n) is 4.00. The Morgan fingerprint density at radius 1 is 1.29 bits per heavy atom. The summed E-state index contributed by atoms with van der Waals surface area (Å²) >= 11 is 1.44. The number of aryl methyl sites for hydroxylation is 1. The number of unbranched alkanes of at least 4 members (excludes halogenated alkanes) is 1. The van der Waals surface area contributed by atoms with Crippen LogP contribution in [0.15, 0.2) is 29.6 Å². The molecule has 0 bridgehead atoms. The summed E-state index contributed by atoms with van der Waals surface area (Å²) in [4.78, 5) is 4.16. The first kappa shape index (κ1) is 11.9. The Labute approximate surface area is 106 Å². The molecule has 0 amide bonds. The molecule has 0 atom stereocenters. The van der Waals surface area contributed by atoms with Crippen molar-refractivity contribution < 1.29 is 0 Å². The zero-order valence-electron chi connectivity index (χ0n) is 9.94. The van der Waals surface area contributed by atoms with Crippen molar-refractivity contribution in [3.8, 4) is 0 Å². The monoisotopic (exact) mass is 247 g/mol. The van der Waals surface area contributed by atoms with Gasteiger partial charge in [0, 0.05) is 11.1 Å². The number of anilines is 3. The van der Waals surface area contributed by atoms with Gasteiger partial charge in [-0.2, -0.15) is 0 Å². The molecule has 0 saturated carbocycles. The van der Waals surface area contributed by atoms with Crippen LogP contribution in [0.3, 0.4) is 0 Å². The topological polar surface area (TPSA) is 50.9 Å². The van der Waals surface area contributed by atoms with E-state index in [4.69, 9.17) is 5.73 Å². The summed E-state index contributed by atoms with van der Waals surface area (Å²) in [6.45, 7) is 2.21. The quantitative estimate of drug-likeness (QED) is 0.844. The molecule has 0 radical (unpaired) electrons. The van der Waals surface area contributed by atoms with Crippen molar-refractivity contribution in [1.29, 1.82) is 0 Å². The molecule has 1 heterocycles. The summed E-state index contributed by atoms with van der Waals surface area (Å²) in [5.74, 6) is 0.814. The third-order valence-electron chi connectivity index (χ3n) is 2.57. The number of nitrogen functional groups attached to an aromatic ring is 1. The van der Waals surface area contributed by atoms with Gasteiger partial charge < -0.3 is 11.1 Å². The molecular weight excluding hydrogens is 230 g/mol. The van der Waals surface area contributed by atoms with Crippen LogP contribution in [0.5, 0.6) is 0 Å². The molecule has 1 aromatic heterocycles. The van der Waals surface area contributed by atoms with E-state index in [-0.39, 0.29) is 0 Å². The van der Waals surface area contributed by atoms with Crippen LogP contribution in [0.4, 0.5) is 16.6 Å². The van der Waals surface area contributed by atoms with Crippen LogP contribution in [0, 0.1) is 0 Å². The number of rotatable bonds is 5. The lowest BCUT2D eigenvalue weighted by Gasteiger charge is -2.04. The van der Waals surface area contributed by atoms with Gasteiger partial charge in [-0.15, -0.1) is 11.3 Å². The van der Waals surface area contributed by atoms with Gasteiger partial charge in [0.2, 0.25) is 0 Å². The van der Waals surface area contributed by atoms with Gasteiger partial charge >= 0.3 is 0 Å². The minimum atomic E-state index is 0.590. The van der Waals surface area contributed by atoms with Gasteiger partial charge in [0.1, 0.15) is 5.82 Å². The van der Waals surface area contributed by atoms with Crippen molar-refractivity contribution >= 4 is 28.0 Å². The van der Waals surface area contributed by atoms with E-state index in [0.717, 1.165) is 17.9 Å². The highest BCUT2D eigenvalue weighted by molar-refractivity contribution is 7.13. The summed E-state index contributed by atoms with van der Waals surface area (Å²) in [6.07, 6.45) is 3.63. The van der Waals surface area contributed by atoms with Crippen LogP contribution < -0.4 is 11.1 Å². The fourth-order valence-electron chi connectivity index (χ4n) is 1.63. The molecule has 0 fully saturated rings. The first-order chi connectivity index (χ1) is 8.28. The van der Waals surface area contributed by atoms with E-state index >= 15 is 0 Å². The highest BCUT2D eigenvalue weighted by Crippen LogP contribution is 2.20. The maximum Gasteiger partial charge on any atom is 0.182 e. The summed E-state index contributed by atoms with van der Waals surface area (Å²) in [5, 5.41) is 5.73. The molecular formula is C13H17N3S. The first-order valence-corrected chi connectivity index (χ1v) is 6.73. The van der Waals surface area contributed by atoms with Gasteiger partial charge in [-0.05, 0) is 30.5 Å². The number of hydrogen-bond donors (Lipinski definition) is 2. The van der Waals surface area contributed by atoms with E-state index in [1.54, 1.807) is 0 Å². The van der Waals surface area contributed by atoms with Gasteiger partial charge in [0.15, 0.2) is 5.13 Å². The van der Waals surface area contributed by atoms with Crippen LogP contribution in [-0.2, 0) is 6.42 Å². The molecule has 0 aliphatic heterocycles. The number of benzene rings is 1. The van der Waals surface area contributed by atoms with Gasteiger partial charge in [-0.3, -0.25) is 0 Å². The van der Waals surface area contributed by atoms with Gasteiger partial charge in [-0.1, -0.05) is 25.5 Å². The molecule has 2 aromatic rings. The Morgan fingerprint density at radius 2 is 2.06 bits per heavy atom. The van der Waals surface area contributed by atoms with Gasteiger partial charge in [0.25, 0.3) is 0 Å². The Bertz CT molecular complexity index is 462. The lowest BCUT2D eigenvalue weighted by molar-refractivity contribution is 0.795. The Balaban J connectivity index is 1.98. The standard InChI is InChI=1S/C13H17N3S/c1-2-3-4-10-5-7-11(8-6-10)15-12-9-17-13(14)16-12/h5-9,15H,2-4H2,1H3,(H2,14,16). The lowest BCUT2D eigenvalue weighted by atomic mass is 10.1. The molecule has 2 rings (SSSR count). The van der Waals surface area contributed by atoms with E-state index in [2.05, 4.69) is 41.5 Å². The smallest absolute Gasteiger partial charge is 0.182 e. The molecule has 1 aromatic carbocycles. The molecule has 90 valence electrons. The summed E-state index contributed by atoms with van der Waals surface area (Å²) < 4.78 is 0. The largest absolute Gasteiger partial charge is 0.375 e. The average Bonchev–Trinajstić information content (AvgIpc) is 2.74. The Kier molecular flexibility index (Phi) is 3.98. The number of aromatic nitrogens is 1. The van der Waals surface area contributed by atoms with Crippen molar-refractivity contribution in [3.63, 3.8) is 0 Å². The normalized spacial score (nSPS) is 10.4. The predicted octanol–water partition coefficient (Wildman–Crippen LogP) is 3.81. The summed E-state index contributed by atoms with van der Waals surface area (Å²) in [6, 6.07) is 8.49. The third-order valence-corrected chi connectivity index (χ3v) is 3.24. The second kappa shape index (κ2) is 5.68. The fourth-order valence-corrected chi connectivity index (χ4v) is 2.12. The molecule has 0 unspecified atom stereocenters. The highest BCUT2D eigenvalue weighted by atomic mass is 32.1. The number of nitrogens with zero attached hydrogens (tertiary/aromatic N) is 1. The predicted molar refractivity (Wildman–Crippen MR) is 74.9 cm³/mol. The molecule has 0 aliphatic rings. The second-order valence-corrected chi connectivity index (χ2v) is 4.89. The van der Waals surface area contributed by atoms with E-state index in [9.17, 15) is 0 Å². The van der Waals surface area contributed by atoms with E-state index in [1.807, 2.05) is 5.38 Å². The average molecular weight is 247 g/mol. The first-order valence-electron chi connectivity index (χ1n) is 5.85. The van der Waals surface area contributed by atoms with Crippen LogP contribution in [0.2, 0.25) is 0 Å². The molecule has 17 heavy (non-hydrogen) atoms. The molecule has 4 heteroatoms. The summed E-state index contributed by atoms with van der Waals surface area (Å²) in [5.41, 5.74) is 8.01. The number of thiazole rings is 1.